The van der Waals surface area contributed by atoms with Crippen molar-refractivity contribution < 1.29 is 52.0 Å². The molecule has 3 aliphatic heterocycles. The summed E-state index contributed by atoms with van der Waals surface area (Å²) in [6.45, 7) is 11.3. The number of carbonyl (C=O) groups is 4. The van der Waals surface area contributed by atoms with Gasteiger partial charge in [0, 0.05) is 30.1 Å². The summed E-state index contributed by atoms with van der Waals surface area (Å²) in [7, 11) is 1.38. The Morgan fingerprint density at radius 3 is 2.41 bits per heavy atom. The predicted molar refractivity (Wildman–Crippen MR) is 147 cm³/mol. The maximum absolute atomic E-state index is 14.4. The molecule has 11 nitrogen and oxygen atoms in total. The van der Waals surface area contributed by atoms with Crippen molar-refractivity contribution in [3.8, 4) is 0 Å². The van der Waals surface area contributed by atoms with Crippen LogP contribution in [0.15, 0.2) is 23.0 Å². The molecular formula is C33H40O11. The molecule has 4 bridgehead atoms. The molecule has 11 unspecified atom stereocenters. The van der Waals surface area contributed by atoms with Gasteiger partial charge in [-0.1, -0.05) is 34.6 Å². The lowest BCUT2D eigenvalue weighted by atomic mass is 9.33. The quantitative estimate of drug-likeness (QED) is 0.261. The fourth-order valence-corrected chi connectivity index (χ4v) is 12.0. The van der Waals surface area contributed by atoms with Gasteiger partial charge in [-0.25, -0.2) is 0 Å². The van der Waals surface area contributed by atoms with Crippen molar-refractivity contribution in [1.29, 1.82) is 0 Å². The van der Waals surface area contributed by atoms with Gasteiger partial charge in [0.1, 0.15) is 23.1 Å². The van der Waals surface area contributed by atoms with E-state index in [1.54, 1.807) is 26.8 Å². The van der Waals surface area contributed by atoms with Crippen LogP contribution in [0.2, 0.25) is 0 Å². The molecule has 0 N–H and O–H groups in total. The van der Waals surface area contributed by atoms with E-state index in [0.29, 0.717) is 24.8 Å². The topological polar surface area (TPSA) is 137 Å². The first-order chi connectivity index (χ1) is 20.5. The molecule has 11 atom stereocenters. The third kappa shape index (κ3) is 2.68. The molecule has 4 aliphatic carbocycles. The number of esters is 3. The van der Waals surface area contributed by atoms with E-state index < -0.39 is 74.5 Å². The lowest BCUT2D eigenvalue weighted by Crippen LogP contribution is -2.92. The SMILES string of the molecule is COC(=O)CC1C2(C)CC3(OC(=O)C(C)C)C4OC(=O)CC5C(C)(C(=O)c6ccoc6)CCC67OC(C)(OC546)OC3(C2)C17C. The van der Waals surface area contributed by atoms with Gasteiger partial charge in [0.2, 0.25) is 0 Å². The normalized spacial score (nSPS) is 52.1. The van der Waals surface area contributed by atoms with Crippen molar-refractivity contribution >= 4 is 23.7 Å². The average Bonchev–Trinajstić information content (AvgIpc) is 3.66. The maximum Gasteiger partial charge on any atom is 0.309 e. The number of ketones is 1. The second-order valence-corrected chi connectivity index (χ2v) is 15.5. The van der Waals surface area contributed by atoms with E-state index >= 15 is 0 Å². The van der Waals surface area contributed by atoms with Crippen LogP contribution in [0.1, 0.15) is 90.4 Å². The van der Waals surface area contributed by atoms with Crippen LogP contribution in [0.25, 0.3) is 0 Å². The molecule has 238 valence electrons. The fourth-order valence-electron chi connectivity index (χ4n) is 12.0. The van der Waals surface area contributed by atoms with Gasteiger partial charge in [-0.05, 0) is 43.1 Å². The molecule has 1 aromatic heterocycles. The minimum atomic E-state index is -1.58. The molecule has 3 spiro atoms. The van der Waals surface area contributed by atoms with Crippen LogP contribution in [-0.2, 0) is 42.8 Å². The number of Topliss-reactive ketones (excluding diaryl/α,β-unsaturated/α-hetero) is 1. The molecule has 8 rings (SSSR count). The molecule has 11 heteroatoms. The van der Waals surface area contributed by atoms with E-state index in [-0.39, 0.29) is 36.9 Å². The molecule has 4 heterocycles. The fraction of sp³-hybridized carbons (Fsp3) is 0.758. The van der Waals surface area contributed by atoms with E-state index in [0.717, 1.165) is 0 Å². The molecule has 7 fully saturated rings. The van der Waals surface area contributed by atoms with Crippen LogP contribution in [0.3, 0.4) is 0 Å². The van der Waals surface area contributed by atoms with Gasteiger partial charge in [0.15, 0.2) is 17.5 Å². The highest BCUT2D eigenvalue weighted by Gasteiger charge is 3.03. The summed E-state index contributed by atoms with van der Waals surface area (Å²) in [6, 6.07) is 1.63. The molecule has 7 aliphatic rings. The number of methoxy groups -OCH3 is 1. The largest absolute Gasteiger partial charge is 0.472 e. The Hall–Kier alpha value is -2.76. The van der Waals surface area contributed by atoms with Crippen molar-refractivity contribution in [2.24, 2.45) is 34.0 Å². The molecule has 1 aromatic rings. The molecule has 0 amide bonds. The zero-order valence-corrected chi connectivity index (χ0v) is 26.3. The Morgan fingerprint density at radius 1 is 1.02 bits per heavy atom. The smallest absolute Gasteiger partial charge is 0.309 e. The van der Waals surface area contributed by atoms with E-state index in [4.69, 9.17) is 32.8 Å². The minimum Gasteiger partial charge on any atom is -0.472 e. The number of carbonyl (C=O) groups excluding carboxylic acids is 4. The van der Waals surface area contributed by atoms with Crippen molar-refractivity contribution in [3.63, 3.8) is 0 Å². The third-order valence-corrected chi connectivity index (χ3v) is 13.3. The van der Waals surface area contributed by atoms with E-state index in [1.165, 1.54) is 19.6 Å². The van der Waals surface area contributed by atoms with Crippen LogP contribution in [0.4, 0.5) is 0 Å². The number of hydrogen-bond donors (Lipinski definition) is 0. The highest BCUT2D eigenvalue weighted by Crippen LogP contribution is 2.90. The van der Waals surface area contributed by atoms with Crippen molar-refractivity contribution in [3.05, 3.63) is 24.2 Å². The molecule has 0 radical (unpaired) electrons. The minimum absolute atomic E-state index is 0.0983. The van der Waals surface area contributed by atoms with Crippen molar-refractivity contribution in [2.45, 2.75) is 115 Å². The summed E-state index contributed by atoms with van der Waals surface area (Å²) in [5.41, 5.74) is -7.49. The van der Waals surface area contributed by atoms with Crippen molar-refractivity contribution in [1.82, 2.24) is 0 Å². The van der Waals surface area contributed by atoms with Gasteiger partial charge in [-0.2, -0.15) is 0 Å². The van der Waals surface area contributed by atoms with E-state index in [9.17, 15) is 19.2 Å². The van der Waals surface area contributed by atoms with E-state index in [2.05, 4.69) is 13.8 Å². The van der Waals surface area contributed by atoms with Crippen LogP contribution in [-0.4, -0.2) is 65.3 Å². The Morgan fingerprint density at radius 2 is 1.75 bits per heavy atom. The first-order valence-electron chi connectivity index (χ1n) is 15.7. The number of ether oxygens (including phenoxy) is 6. The Kier molecular flexibility index (Phi) is 5.19. The van der Waals surface area contributed by atoms with Gasteiger partial charge in [-0.15, -0.1) is 0 Å². The summed E-state index contributed by atoms with van der Waals surface area (Å²) >= 11 is 0. The standard InChI is InChI=1S/C33H40O11/c1-17(2)24(37)41-30-15-26(3)16-32(30)28(5,19(26)12-21(34)38-7)31-10-9-27(4,23(36)18-8-11-39-14-18)20-13-22(35)40-25(30)33(20,31)44-29(6,42-31)43-32/h8,11,14,17,19-20,25H,9-10,12-13,15-16H2,1-7H3. The second kappa shape index (κ2) is 7.96. The molecule has 3 saturated heterocycles. The summed E-state index contributed by atoms with van der Waals surface area (Å²) in [4.78, 5) is 54.9. The zero-order chi connectivity index (χ0) is 31.5. The van der Waals surface area contributed by atoms with Crippen LogP contribution >= 0.6 is 0 Å². The lowest BCUT2D eigenvalue weighted by molar-refractivity contribution is -0.471. The molecule has 4 saturated carbocycles. The third-order valence-electron chi connectivity index (χ3n) is 13.3. The number of rotatable bonds is 6. The highest BCUT2D eigenvalue weighted by atomic mass is 16.9. The molecule has 0 aromatic carbocycles. The summed E-state index contributed by atoms with van der Waals surface area (Å²) < 4.78 is 44.8. The van der Waals surface area contributed by atoms with Crippen LogP contribution in [0, 0.1) is 34.0 Å². The first kappa shape index (κ1) is 28.7. The van der Waals surface area contributed by atoms with Gasteiger partial charge >= 0.3 is 17.9 Å². The maximum atomic E-state index is 14.4. The Bertz CT molecular complexity index is 1520. The first-order valence-corrected chi connectivity index (χ1v) is 15.7. The lowest BCUT2D eigenvalue weighted by Gasteiger charge is -2.76. The predicted octanol–water partition coefficient (Wildman–Crippen LogP) is 4.11. The number of hydrogen-bond acceptors (Lipinski definition) is 11. The van der Waals surface area contributed by atoms with Gasteiger partial charge in [-0.3, -0.25) is 19.2 Å². The number of fused-ring (bicyclic) bond motifs is 3. The second-order valence-electron chi connectivity index (χ2n) is 15.5. The molecule has 44 heavy (non-hydrogen) atoms. The zero-order valence-electron chi connectivity index (χ0n) is 26.3. The molecular weight excluding hydrogens is 572 g/mol. The number of furan rings is 1. The van der Waals surface area contributed by atoms with Gasteiger partial charge < -0.3 is 32.8 Å². The highest BCUT2D eigenvalue weighted by molar-refractivity contribution is 6.01. The summed E-state index contributed by atoms with van der Waals surface area (Å²) in [5.74, 6) is -4.57. The summed E-state index contributed by atoms with van der Waals surface area (Å²) in [6.07, 6.45) is 3.23. The van der Waals surface area contributed by atoms with Gasteiger partial charge in [0.25, 0.3) is 5.97 Å². The van der Waals surface area contributed by atoms with Crippen LogP contribution < -0.4 is 0 Å². The Labute approximate surface area is 255 Å². The average molecular weight is 613 g/mol. The van der Waals surface area contributed by atoms with Gasteiger partial charge in [0.05, 0.1) is 31.3 Å². The monoisotopic (exact) mass is 612 g/mol. The summed E-state index contributed by atoms with van der Waals surface area (Å²) in [5, 5.41) is 0. The Balaban J connectivity index is 1.44. The van der Waals surface area contributed by atoms with Crippen molar-refractivity contribution in [2.75, 3.05) is 7.11 Å². The van der Waals surface area contributed by atoms with Crippen LogP contribution in [0.5, 0.6) is 0 Å². The van der Waals surface area contributed by atoms with E-state index in [1.807, 2.05) is 6.92 Å².